The highest BCUT2D eigenvalue weighted by molar-refractivity contribution is 6.00. The van der Waals surface area contributed by atoms with Gasteiger partial charge >= 0.3 is 6.29 Å². The molecule has 1 aliphatic carbocycles. The Morgan fingerprint density at radius 3 is 2.53 bits per heavy atom. The average molecular weight is 293 g/mol. The van der Waals surface area contributed by atoms with Crippen molar-refractivity contribution in [3.63, 3.8) is 0 Å². The summed E-state index contributed by atoms with van der Waals surface area (Å²) in [5.41, 5.74) is 5.23. The lowest BCUT2D eigenvalue weighted by Crippen LogP contribution is -2.37. The van der Waals surface area contributed by atoms with Crippen LogP contribution in [0.4, 0.5) is 14.5 Å². The SMILES string of the molecule is Cl.NC1(C(=O)Nc2ccc3c(c2)OC(F)(F)O3)CC1. The monoisotopic (exact) mass is 292 g/mol. The molecule has 0 saturated heterocycles. The topological polar surface area (TPSA) is 73.6 Å². The van der Waals surface area contributed by atoms with Crippen molar-refractivity contribution in [2.45, 2.75) is 24.7 Å². The second-order valence-corrected chi connectivity index (χ2v) is 4.44. The number of hydrogen-bond acceptors (Lipinski definition) is 4. The number of fused-ring (bicyclic) bond motifs is 1. The molecule has 1 saturated carbocycles. The number of halogens is 3. The number of rotatable bonds is 2. The number of carbonyl (C=O) groups is 1. The molecule has 2 aliphatic rings. The molecule has 0 spiro atoms. The largest absolute Gasteiger partial charge is 0.586 e. The summed E-state index contributed by atoms with van der Waals surface area (Å²) in [7, 11) is 0. The number of anilines is 1. The van der Waals surface area contributed by atoms with E-state index in [0.717, 1.165) is 0 Å². The molecule has 0 bridgehead atoms. The number of nitrogens with two attached hydrogens (primary N) is 1. The number of alkyl halides is 2. The molecule has 19 heavy (non-hydrogen) atoms. The third-order valence-electron chi connectivity index (χ3n) is 2.90. The standard InChI is InChI=1S/C11H10F2N2O3.ClH/c12-11(13)17-7-2-1-6(5-8(7)18-11)15-9(16)10(14)3-4-10;/h1-2,5H,3-4,14H2,(H,15,16);1H. The van der Waals surface area contributed by atoms with Gasteiger partial charge in [0.25, 0.3) is 0 Å². The van der Waals surface area contributed by atoms with Gasteiger partial charge in [-0.1, -0.05) is 0 Å². The van der Waals surface area contributed by atoms with Gasteiger partial charge in [-0.2, -0.15) is 0 Å². The van der Waals surface area contributed by atoms with Crippen molar-refractivity contribution < 1.29 is 23.0 Å². The number of ether oxygens (including phenoxy) is 2. The summed E-state index contributed by atoms with van der Waals surface area (Å²) in [6.07, 6.45) is -2.40. The first kappa shape index (κ1) is 13.8. The summed E-state index contributed by atoms with van der Waals surface area (Å²) in [6.45, 7) is 0. The van der Waals surface area contributed by atoms with Gasteiger partial charge in [0.15, 0.2) is 11.5 Å². The van der Waals surface area contributed by atoms with Crippen LogP contribution in [0.5, 0.6) is 11.5 Å². The maximum absolute atomic E-state index is 12.8. The molecule has 3 rings (SSSR count). The number of carbonyl (C=O) groups excluding carboxylic acids is 1. The number of hydrogen-bond donors (Lipinski definition) is 2. The van der Waals surface area contributed by atoms with Crippen LogP contribution in [-0.4, -0.2) is 17.7 Å². The number of benzene rings is 1. The lowest BCUT2D eigenvalue weighted by Gasteiger charge is -2.10. The van der Waals surface area contributed by atoms with E-state index in [2.05, 4.69) is 14.8 Å². The van der Waals surface area contributed by atoms with Crippen molar-refractivity contribution >= 4 is 24.0 Å². The van der Waals surface area contributed by atoms with Gasteiger partial charge in [-0.25, -0.2) is 0 Å². The minimum Gasteiger partial charge on any atom is -0.395 e. The summed E-state index contributed by atoms with van der Waals surface area (Å²) >= 11 is 0. The van der Waals surface area contributed by atoms with Crippen molar-refractivity contribution in [1.29, 1.82) is 0 Å². The highest BCUT2D eigenvalue weighted by Crippen LogP contribution is 2.42. The third kappa shape index (κ3) is 2.57. The van der Waals surface area contributed by atoms with Crippen LogP contribution in [0.2, 0.25) is 0 Å². The molecule has 1 aromatic rings. The maximum Gasteiger partial charge on any atom is 0.586 e. The highest BCUT2D eigenvalue weighted by atomic mass is 35.5. The Labute approximate surface area is 113 Å². The van der Waals surface area contributed by atoms with E-state index in [9.17, 15) is 13.6 Å². The zero-order valence-corrected chi connectivity index (χ0v) is 10.4. The Morgan fingerprint density at radius 1 is 1.26 bits per heavy atom. The van der Waals surface area contributed by atoms with E-state index in [1.54, 1.807) is 0 Å². The quantitative estimate of drug-likeness (QED) is 0.872. The maximum atomic E-state index is 12.8. The van der Waals surface area contributed by atoms with E-state index in [1.807, 2.05) is 0 Å². The van der Waals surface area contributed by atoms with Crippen molar-refractivity contribution in [3.8, 4) is 11.5 Å². The van der Waals surface area contributed by atoms with Gasteiger partial charge in [0.1, 0.15) is 0 Å². The normalized spacial score (nSPS) is 20.4. The molecule has 0 unspecified atom stereocenters. The molecule has 1 heterocycles. The molecule has 8 heteroatoms. The second kappa shape index (κ2) is 4.21. The smallest absolute Gasteiger partial charge is 0.395 e. The fourth-order valence-electron chi connectivity index (χ4n) is 1.64. The second-order valence-electron chi connectivity index (χ2n) is 4.44. The molecule has 0 atom stereocenters. The summed E-state index contributed by atoms with van der Waals surface area (Å²) in [6, 6.07) is 4.04. The van der Waals surface area contributed by atoms with Crippen LogP contribution in [-0.2, 0) is 4.79 Å². The Bertz CT molecular complexity index is 535. The lowest BCUT2D eigenvalue weighted by molar-refractivity contribution is -0.286. The molecule has 104 valence electrons. The lowest BCUT2D eigenvalue weighted by atomic mass is 10.2. The molecule has 3 N–H and O–H groups in total. The molecule has 1 amide bonds. The minimum absolute atomic E-state index is 0. The van der Waals surface area contributed by atoms with Crippen LogP contribution in [0.1, 0.15) is 12.8 Å². The van der Waals surface area contributed by atoms with Gasteiger partial charge in [-0.3, -0.25) is 4.79 Å². The third-order valence-corrected chi connectivity index (χ3v) is 2.90. The summed E-state index contributed by atoms with van der Waals surface area (Å²) in [4.78, 5) is 11.7. The molecule has 1 aromatic carbocycles. The first-order valence-corrected chi connectivity index (χ1v) is 5.38. The molecule has 0 radical (unpaired) electrons. The van der Waals surface area contributed by atoms with Crippen molar-refractivity contribution in [1.82, 2.24) is 0 Å². The summed E-state index contributed by atoms with van der Waals surface area (Å²) in [5, 5.41) is 2.56. The van der Waals surface area contributed by atoms with E-state index < -0.39 is 11.8 Å². The average Bonchev–Trinajstić information content (AvgIpc) is 2.93. The van der Waals surface area contributed by atoms with Gasteiger partial charge in [-0.05, 0) is 25.0 Å². The van der Waals surface area contributed by atoms with Crippen LogP contribution < -0.4 is 20.5 Å². The predicted molar refractivity (Wildman–Crippen MR) is 64.7 cm³/mol. The summed E-state index contributed by atoms with van der Waals surface area (Å²) in [5.74, 6) is -0.500. The van der Waals surface area contributed by atoms with Gasteiger partial charge < -0.3 is 20.5 Å². The van der Waals surface area contributed by atoms with Crippen LogP contribution >= 0.6 is 12.4 Å². The Kier molecular flexibility index (Phi) is 3.06. The first-order chi connectivity index (χ1) is 8.38. The molecule has 0 aromatic heterocycles. The molecule has 1 fully saturated rings. The van der Waals surface area contributed by atoms with Crippen LogP contribution in [0.3, 0.4) is 0 Å². The van der Waals surface area contributed by atoms with E-state index in [1.165, 1.54) is 18.2 Å². The molecule has 1 aliphatic heterocycles. The molecular formula is C11H11ClF2N2O3. The summed E-state index contributed by atoms with van der Waals surface area (Å²) < 4.78 is 34.1. The number of nitrogens with one attached hydrogen (secondary N) is 1. The highest BCUT2D eigenvalue weighted by Gasteiger charge is 2.46. The van der Waals surface area contributed by atoms with Gasteiger partial charge in [-0.15, -0.1) is 21.2 Å². The van der Waals surface area contributed by atoms with E-state index >= 15 is 0 Å². The van der Waals surface area contributed by atoms with E-state index in [-0.39, 0.29) is 29.8 Å². The number of amides is 1. The Hall–Kier alpha value is -1.60. The van der Waals surface area contributed by atoms with E-state index in [4.69, 9.17) is 5.73 Å². The van der Waals surface area contributed by atoms with Gasteiger partial charge in [0, 0.05) is 11.8 Å². The van der Waals surface area contributed by atoms with Crippen LogP contribution in [0, 0.1) is 0 Å². The first-order valence-electron chi connectivity index (χ1n) is 5.38. The fraction of sp³-hybridized carbons (Fsp3) is 0.364. The van der Waals surface area contributed by atoms with E-state index in [0.29, 0.717) is 18.5 Å². The Balaban J connectivity index is 0.00000133. The Morgan fingerprint density at radius 2 is 1.89 bits per heavy atom. The van der Waals surface area contributed by atoms with Gasteiger partial charge in [0.05, 0.1) is 5.54 Å². The van der Waals surface area contributed by atoms with Crippen LogP contribution in [0.25, 0.3) is 0 Å². The fourth-order valence-corrected chi connectivity index (χ4v) is 1.64. The van der Waals surface area contributed by atoms with Crippen molar-refractivity contribution in [3.05, 3.63) is 18.2 Å². The van der Waals surface area contributed by atoms with Crippen molar-refractivity contribution in [2.24, 2.45) is 5.73 Å². The molecular weight excluding hydrogens is 282 g/mol. The molecule has 5 nitrogen and oxygen atoms in total. The van der Waals surface area contributed by atoms with Gasteiger partial charge in [0.2, 0.25) is 5.91 Å². The van der Waals surface area contributed by atoms with Crippen LogP contribution in [0.15, 0.2) is 18.2 Å². The predicted octanol–water partition coefficient (Wildman–Crippen LogP) is 1.86. The zero-order chi connectivity index (χ0) is 13.0. The van der Waals surface area contributed by atoms with Crippen molar-refractivity contribution in [2.75, 3.05) is 5.32 Å². The minimum atomic E-state index is -3.66. The zero-order valence-electron chi connectivity index (χ0n) is 9.61.